The van der Waals surface area contributed by atoms with Gasteiger partial charge in [-0.2, -0.15) is 5.10 Å². The summed E-state index contributed by atoms with van der Waals surface area (Å²) in [6, 6.07) is 19.9. The summed E-state index contributed by atoms with van der Waals surface area (Å²) >= 11 is 3.43. The van der Waals surface area contributed by atoms with Crippen molar-refractivity contribution in [1.82, 2.24) is 0 Å². The number of rotatable bonds is 4. The van der Waals surface area contributed by atoms with Gasteiger partial charge in [0.15, 0.2) is 0 Å². The molecule has 0 aliphatic carbocycles. The molecule has 1 heterocycles. The molecule has 0 radical (unpaired) electrons. The fourth-order valence-corrected chi connectivity index (χ4v) is 2.32. The van der Waals surface area contributed by atoms with Crippen LogP contribution in [0.5, 0.6) is 0 Å². The minimum Gasteiger partial charge on any atom is -0.455 e. The van der Waals surface area contributed by atoms with E-state index in [0.29, 0.717) is 5.76 Å². The maximum absolute atomic E-state index is 5.77. The zero-order chi connectivity index (χ0) is 15.4. The lowest BCUT2D eigenvalue weighted by molar-refractivity contribution is 0.575. The molecule has 1 N–H and O–H groups in total. The van der Waals surface area contributed by atoms with Crippen molar-refractivity contribution in [2.75, 3.05) is 5.43 Å². The molecule has 0 amide bonds. The van der Waals surface area contributed by atoms with E-state index in [9.17, 15) is 0 Å². The van der Waals surface area contributed by atoms with Crippen LogP contribution in [0.15, 0.2) is 74.7 Å². The number of nitrogens with zero attached hydrogens (tertiary/aromatic N) is 1. The minimum absolute atomic E-state index is 0.707. The van der Waals surface area contributed by atoms with E-state index in [1.165, 1.54) is 0 Å². The molecule has 0 atom stereocenters. The molecule has 0 bridgehead atoms. The second kappa shape index (κ2) is 6.62. The van der Waals surface area contributed by atoms with Crippen molar-refractivity contribution in [3.05, 3.63) is 76.5 Å². The smallest absolute Gasteiger partial charge is 0.147 e. The highest BCUT2D eigenvalue weighted by molar-refractivity contribution is 9.10. The molecular weight excluding hydrogens is 340 g/mol. The maximum Gasteiger partial charge on any atom is 0.147 e. The Labute approximate surface area is 137 Å². The number of para-hydroxylation sites is 1. The van der Waals surface area contributed by atoms with Crippen LogP contribution in [0.25, 0.3) is 11.3 Å². The van der Waals surface area contributed by atoms with E-state index in [0.717, 1.165) is 27.0 Å². The third-order valence-corrected chi connectivity index (χ3v) is 3.81. The highest BCUT2D eigenvalue weighted by Gasteiger charge is 2.03. The monoisotopic (exact) mass is 354 g/mol. The number of hydrazone groups is 1. The number of furan rings is 1. The third kappa shape index (κ3) is 3.46. The van der Waals surface area contributed by atoms with E-state index in [1.54, 1.807) is 6.21 Å². The number of anilines is 1. The molecule has 0 unspecified atom stereocenters. The number of hydrogen-bond donors (Lipinski definition) is 1. The molecule has 2 aromatic carbocycles. The van der Waals surface area contributed by atoms with Gasteiger partial charge in [-0.1, -0.05) is 46.3 Å². The van der Waals surface area contributed by atoms with Crippen molar-refractivity contribution in [3.8, 4) is 11.3 Å². The Hall–Kier alpha value is -2.33. The van der Waals surface area contributed by atoms with Crippen molar-refractivity contribution in [3.63, 3.8) is 0 Å². The van der Waals surface area contributed by atoms with Crippen molar-refractivity contribution in [2.24, 2.45) is 5.10 Å². The predicted octanol–water partition coefficient (Wildman–Crippen LogP) is 5.46. The molecule has 3 aromatic rings. The van der Waals surface area contributed by atoms with Crippen molar-refractivity contribution in [1.29, 1.82) is 0 Å². The molecule has 110 valence electrons. The largest absolute Gasteiger partial charge is 0.455 e. The fraction of sp³-hybridized carbons (Fsp3) is 0.0556. The summed E-state index contributed by atoms with van der Waals surface area (Å²) in [5, 5.41) is 4.22. The zero-order valence-electron chi connectivity index (χ0n) is 12.1. The van der Waals surface area contributed by atoms with Crippen LogP contribution in [0.4, 0.5) is 5.69 Å². The van der Waals surface area contributed by atoms with Crippen LogP contribution in [0, 0.1) is 6.92 Å². The standard InChI is InChI=1S/C18H15BrN2O/c1-13-4-2-3-5-17(13)21-20-12-16-10-11-18(22-16)14-6-8-15(19)9-7-14/h2-12,21H,1H3/b20-12+. The van der Waals surface area contributed by atoms with E-state index >= 15 is 0 Å². The molecule has 3 rings (SSSR count). The summed E-state index contributed by atoms with van der Waals surface area (Å²) in [6.07, 6.45) is 1.68. The summed E-state index contributed by atoms with van der Waals surface area (Å²) in [5.74, 6) is 1.53. The number of nitrogens with one attached hydrogen (secondary N) is 1. The normalized spacial score (nSPS) is 11.0. The molecule has 0 fully saturated rings. The Morgan fingerprint density at radius 1 is 1.00 bits per heavy atom. The molecule has 4 heteroatoms. The first kappa shape index (κ1) is 14.6. The molecule has 0 aliphatic heterocycles. The van der Waals surface area contributed by atoms with Gasteiger partial charge in [-0.05, 0) is 42.8 Å². The number of aryl methyl sites for hydroxylation is 1. The molecule has 3 nitrogen and oxygen atoms in total. The SMILES string of the molecule is Cc1ccccc1N/N=C/c1ccc(-c2ccc(Br)cc2)o1. The van der Waals surface area contributed by atoms with E-state index in [4.69, 9.17) is 4.42 Å². The fourth-order valence-electron chi connectivity index (χ4n) is 2.06. The summed E-state index contributed by atoms with van der Waals surface area (Å²) in [5.41, 5.74) is 6.19. The van der Waals surface area contributed by atoms with Gasteiger partial charge >= 0.3 is 0 Å². The minimum atomic E-state index is 0.707. The molecule has 1 aromatic heterocycles. The molecule has 0 spiro atoms. The van der Waals surface area contributed by atoms with E-state index in [2.05, 4.69) is 26.5 Å². The van der Waals surface area contributed by atoms with Crippen LogP contribution in [0.3, 0.4) is 0 Å². The third-order valence-electron chi connectivity index (χ3n) is 3.28. The number of benzene rings is 2. The molecule has 22 heavy (non-hydrogen) atoms. The van der Waals surface area contributed by atoms with Gasteiger partial charge in [0.2, 0.25) is 0 Å². The molecule has 0 aliphatic rings. The summed E-state index contributed by atoms with van der Waals surface area (Å²) < 4.78 is 6.82. The average Bonchev–Trinajstić information content (AvgIpc) is 2.99. The van der Waals surface area contributed by atoms with Gasteiger partial charge in [0.25, 0.3) is 0 Å². The maximum atomic E-state index is 5.77. The Balaban J connectivity index is 1.70. The predicted molar refractivity (Wildman–Crippen MR) is 94.2 cm³/mol. The van der Waals surface area contributed by atoms with Crippen LogP contribution in [0.1, 0.15) is 11.3 Å². The first-order chi connectivity index (χ1) is 10.7. The first-order valence-corrected chi connectivity index (χ1v) is 7.72. The Morgan fingerprint density at radius 3 is 2.55 bits per heavy atom. The molecular formula is C18H15BrN2O. The second-order valence-electron chi connectivity index (χ2n) is 4.89. The average molecular weight is 355 g/mol. The van der Waals surface area contributed by atoms with Gasteiger partial charge < -0.3 is 4.42 Å². The van der Waals surface area contributed by atoms with Crippen LogP contribution in [-0.4, -0.2) is 6.21 Å². The topological polar surface area (TPSA) is 37.5 Å². The Bertz CT molecular complexity index is 791. The van der Waals surface area contributed by atoms with Gasteiger partial charge in [0, 0.05) is 10.0 Å². The van der Waals surface area contributed by atoms with Crippen LogP contribution < -0.4 is 5.43 Å². The van der Waals surface area contributed by atoms with Gasteiger partial charge in [-0.3, -0.25) is 5.43 Å². The van der Waals surface area contributed by atoms with Gasteiger partial charge in [-0.25, -0.2) is 0 Å². The van der Waals surface area contributed by atoms with Crippen molar-refractivity contribution >= 4 is 27.8 Å². The molecule has 0 saturated heterocycles. The Morgan fingerprint density at radius 2 is 1.77 bits per heavy atom. The van der Waals surface area contributed by atoms with E-state index < -0.39 is 0 Å². The van der Waals surface area contributed by atoms with Crippen LogP contribution in [-0.2, 0) is 0 Å². The van der Waals surface area contributed by atoms with Crippen molar-refractivity contribution in [2.45, 2.75) is 6.92 Å². The van der Waals surface area contributed by atoms with Crippen LogP contribution >= 0.6 is 15.9 Å². The van der Waals surface area contributed by atoms with E-state index in [1.807, 2.05) is 67.6 Å². The summed E-state index contributed by atoms with van der Waals surface area (Å²) in [4.78, 5) is 0. The highest BCUT2D eigenvalue weighted by atomic mass is 79.9. The first-order valence-electron chi connectivity index (χ1n) is 6.93. The lowest BCUT2D eigenvalue weighted by atomic mass is 10.2. The van der Waals surface area contributed by atoms with E-state index in [-0.39, 0.29) is 0 Å². The Kier molecular flexibility index (Phi) is 4.39. The summed E-state index contributed by atoms with van der Waals surface area (Å²) in [7, 11) is 0. The number of halogens is 1. The number of hydrogen-bond acceptors (Lipinski definition) is 3. The van der Waals surface area contributed by atoms with Gasteiger partial charge in [-0.15, -0.1) is 0 Å². The quantitative estimate of drug-likeness (QED) is 0.498. The lowest BCUT2D eigenvalue weighted by Gasteiger charge is -2.02. The lowest BCUT2D eigenvalue weighted by Crippen LogP contribution is -1.91. The van der Waals surface area contributed by atoms with Gasteiger partial charge in [0.1, 0.15) is 11.5 Å². The summed E-state index contributed by atoms with van der Waals surface area (Å²) in [6.45, 7) is 2.04. The zero-order valence-corrected chi connectivity index (χ0v) is 13.7. The van der Waals surface area contributed by atoms with Crippen LogP contribution in [0.2, 0.25) is 0 Å². The molecule has 0 saturated carbocycles. The van der Waals surface area contributed by atoms with Crippen molar-refractivity contribution < 1.29 is 4.42 Å². The highest BCUT2D eigenvalue weighted by Crippen LogP contribution is 2.23. The van der Waals surface area contributed by atoms with Gasteiger partial charge in [0.05, 0.1) is 11.9 Å². The second-order valence-corrected chi connectivity index (χ2v) is 5.81.